The molecule has 2 nitrogen and oxygen atoms in total. The van der Waals surface area contributed by atoms with Crippen molar-refractivity contribution in [3.05, 3.63) is 22.6 Å². The van der Waals surface area contributed by atoms with E-state index in [1.165, 1.54) is 0 Å². The lowest BCUT2D eigenvalue weighted by atomic mass is 10.2. The molecule has 0 saturated carbocycles. The molecule has 0 spiro atoms. The van der Waals surface area contributed by atoms with Crippen LogP contribution in [0.4, 0.5) is 0 Å². The molecule has 3 heteroatoms. The van der Waals surface area contributed by atoms with E-state index in [4.69, 9.17) is 10.8 Å². The zero-order valence-electron chi connectivity index (χ0n) is 7.51. The molecular formula is C10H12BrNO. The molecule has 1 rings (SSSR count). The van der Waals surface area contributed by atoms with Gasteiger partial charge in [-0.25, -0.2) is 0 Å². The highest BCUT2D eigenvalue weighted by molar-refractivity contribution is 9.10. The Bertz CT molecular complexity index is 300. The normalized spacial score (nSPS) is 12.4. The third kappa shape index (κ3) is 3.67. The van der Waals surface area contributed by atoms with Gasteiger partial charge < -0.3 is 9.73 Å². The van der Waals surface area contributed by atoms with Crippen LogP contribution in [0, 0.1) is 12.3 Å². The summed E-state index contributed by atoms with van der Waals surface area (Å²) in [4.78, 5) is 0. The third-order valence-corrected chi connectivity index (χ3v) is 2.10. The van der Waals surface area contributed by atoms with Gasteiger partial charge in [0.25, 0.3) is 0 Å². The van der Waals surface area contributed by atoms with Gasteiger partial charge >= 0.3 is 0 Å². The van der Waals surface area contributed by atoms with Crippen LogP contribution in [-0.2, 0) is 6.54 Å². The Kier molecular flexibility index (Phi) is 4.07. The van der Waals surface area contributed by atoms with Crippen molar-refractivity contribution in [2.75, 3.05) is 0 Å². The SMILES string of the molecule is C#CCC(C)NCc1ccc(Br)o1. The predicted octanol–water partition coefficient (Wildman–Crippen LogP) is 2.54. The van der Waals surface area contributed by atoms with Crippen LogP contribution in [0.5, 0.6) is 0 Å². The smallest absolute Gasteiger partial charge is 0.169 e. The molecule has 0 radical (unpaired) electrons. The van der Waals surface area contributed by atoms with Gasteiger partial charge in [0.2, 0.25) is 0 Å². The molecule has 1 aromatic rings. The van der Waals surface area contributed by atoms with Crippen molar-refractivity contribution in [1.29, 1.82) is 0 Å². The fourth-order valence-corrected chi connectivity index (χ4v) is 1.31. The summed E-state index contributed by atoms with van der Waals surface area (Å²) in [7, 11) is 0. The van der Waals surface area contributed by atoms with Gasteiger partial charge in [0.1, 0.15) is 5.76 Å². The first-order valence-corrected chi connectivity index (χ1v) is 4.92. The van der Waals surface area contributed by atoms with Gasteiger partial charge in [-0.15, -0.1) is 12.3 Å². The number of hydrogen-bond donors (Lipinski definition) is 1. The molecular weight excluding hydrogens is 230 g/mol. The van der Waals surface area contributed by atoms with Gasteiger partial charge in [0.15, 0.2) is 4.67 Å². The zero-order chi connectivity index (χ0) is 9.68. The average molecular weight is 242 g/mol. The van der Waals surface area contributed by atoms with E-state index in [0.717, 1.165) is 16.9 Å². The van der Waals surface area contributed by atoms with Crippen molar-refractivity contribution in [2.45, 2.75) is 25.9 Å². The van der Waals surface area contributed by atoms with Crippen LogP contribution in [-0.4, -0.2) is 6.04 Å². The Balaban J connectivity index is 2.31. The minimum atomic E-state index is 0.328. The van der Waals surface area contributed by atoms with E-state index in [9.17, 15) is 0 Å². The fourth-order valence-electron chi connectivity index (χ4n) is 0.971. The monoisotopic (exact) mass is 241 g/mol. The van der Waals surface area contributed by atoms with Crippen LogP contribution < -0.4 is 5.32 Å². The summed E-state index contributed by atoms with van der Waals surface area (Å²) >= 11 is 3.24. The number of hydrogen-bond acceptors (Lipinski definition) is 2. The van der Waals surface area contributed by atoms with Gasteiger partial charge in [-0.3, -0.25) is 0 Å². The van der Waals surface area contributed by atoms with Crippen molar-refractivity contribution >= 4 is 15.9 Å². The molecule has 13 heavy (non-hydrogen) atoms. The third-order valence-electron chi connectivity index (χ3n) is 1.68. The Labute approximate surface area is 86.8 Å². The van der Waals surface area contributed by atoms with Crippen LogP contribution in [0.25, 0.3) is 0 Å². The summed E-state index contributed by atoms with van der Waals surface area (Å²) in [5, 5.41) is 3.26. The van der Waals surface area contributed by atoms with Gasteiger partial charge in [0, 0.05) is 12.5 Å². The predicted molar refractivity (Wildman–Crippen MR) is 56.2 cm³/mol. The molecule has 0 amide bonds. The summed E-state index contributed by atoms with van der Waals surface area (Å²) in [5.74, 6) is 3.52. The molecule has 0 aliphatic heterocycles. The number of nitrogens with one attached hydrogen (secondary N) is 1. The van der Waals surface area contributed by atoms with Gasteiger partial charge in [-0.1, -0.05) is 0 Å². The second-order valence-electron chi connectivity index (χ2n) is 2.90. The maximum Gasteiger partial charge on any atom is 0.169 e. The van der Waals surface area contributed by atoms with Crippen molar-refractivity contribution in [3.63, 3.8) is 0 Å². The van der Waals surface area contributed by atoms with Crippen LogP contribution in [0.1, 0.15) is 19.1 Å². The Hall–Kier alpha value is -0.720. The maximum atomic E-state index is 5.31. The van der Waals surface area contributed by atoms with Crippen molar-refractivity contribution in [3.8, 4) is 12.3 Å². The maximum absolute atomic E-state index is 5.31. The van der Waals surface area contributed by atoms with E-state index in [-0.39, 0.29) is 0 Å². The number of terminal acetylenes is 1. The van der Waals surface area contributed by atoms with E-state index in [1.54, 1.807) is 0 Å². The average Bonchev–Trinajstić information content (AvgIpc) is 2.49. The summed E-state index contributed by atoms with van der Waals surface area (Å²) in [6.45, 7) is 2.77. The fraction of sp³-hybridized carbons (Fsp3) is 0.400. The summed E-state index contributed by atoms with van der Waals surface area (Å²) < 4.78 is 6.07. The van der Waals surface area contributed by atoms with Crippen LogP contribution in [0.3, 0.4) is 0 Å². The topological polar surface area (TPSA) is 25.2 Å². The van der Waals surface area contributed by atoms with E-state index in [0.29, 0.717) is 12.6 Å². The van der Waals surface area contributed by atoms with Crippen molar-refractivity contribution < 1.29 is 4.42 Å². The van der Waals surface area contributed by atoms with Crippen molar-refractivity contribution in [1.82, 2.24) is 5.32 Å². The van der Waals surface area contributed by atoms with Crippen LogP contribution >= 0.6 is 15.9 Å². The lowest BCUT2D eigenvalue weighted by molar-refractivity contribution is 0.444. The standard InChI is InChI=1S/C10H12BrNO/c1-3-4-8(2)12-7-9-5-6-10(11)13-9/h1,5-6,8,12H,4,7H2,2H3. The molecule has 1 N–H and O–H groups in total. The minimum absolute atomic E-state index is 0.328. The van der Waals surface area contributed by atoms with Gasteiger partial charge in [-0.2, -0.15) is 0 Å². The summed E-state index contributed by atoms with van der Waals surface area (Å²) in [6.07, 6.45) is 5.92. The first kappa shape index (κ1) is 10.4. The highest BCUT2D eigenvalue weighted by atomic mass is 79.9. The Morgan fingerprint density at radius 2 is 2.46 bits per heavy atom. The molecule has 1 atom stereocenters. The lowest BCUT2D eigenvalue weighted by Gasteiger charge is -2.08. The molecule has 1 aromatic heterocycles. The first-order chi connectivity index (χ1) is 6.22. The highest BCUT2D eigenvalue weighted by Crippen LogP contribution is 2.13. The second kappa shape index (κ2) is 5.11. The zero-order valence-corrected chi connectivity index (χ0v) is 9.10. The molecule has 70 valence electrons. The molecule has 0 aliphatic carbocycles. The van der Waals surface area contributed by atoms with E-state index in [2.05, 4.69) is 34.1 Å². The molecule has 0 aromatic carbocycles. The first-order valence-electron chi connectivity index (χ1n) is 4.13. The lowest BCUT2D eigenvalue weighted by Crippen LogP contribution is -2.24. The second-order valence-corrected chi connectivity index (χ2v) is 3.68. The molecule has 0 saturated heterocycles. The Morgan fingerprint density at radius 1 is 1.69 bits per heavy atom. The summed E-state index contributed by atoms with van der Waals surface area (Å²) in [6, 6.07) is 4.14. The van der Waals surface area contributed by atoms with Gasteiger partial charge in [0.05, 0.1) is 6.54 Å². The van der Waals surface area contributed by atoms with Crippen LogP contribution in [0.2, 0.25) is 0 Å². The van der Waals surface area contributed by atoms with Gasteiger partial charge in [-0.05, 0) is 35.0 Å². The molecule has 1 unspecified atom stereocenters. The summed E-state index contributed by atoms with van der Waals surface area (Å²) in [5.41, 5.74) is 0. The van der Waals surface area contributed by atoms with E-state index < -0.39 is 0 Å². The number of halogens is 1. The van der Waals surface area contributed by atoms with E-state index in [1.807, 2.05) is 12.1 Å². The molecule has 0 bridgehead atoms. The Morgan fingerprint density at radius 3 is 3.00 bits per heavy atom. The number of rotatable bonds is 4. The molecule has 0 aliphatic rings. The van der Waals surface area contributed by atoms with Crippen molar-refractivity contribution in [2.24, 2.45) is 0 Å². The molecule has 1 heterocycles. The molecule has 0 fully saturated rings. The minimum Gasteiger partial charge on any atom is -0.453 e. The number of furan rings is 1. The van der Waals surface area contributed by atoms with E-state index >= 15 is 0 Å². The highest BCUT2D eigenvalue weighted by Gasteiger charge is 2.02. The van der Waals surface area contributed by atoms with Crippen LogP contribution in [0.15, 0.2) is 21.2 Å². The quantitative estimate of drug-likeness (QED) is 0.821. The largest absolute Gasteiger partial charge is 0.453 e.